The Hall–Kier alpha value is -4.19. The zero-order valence-electron chi connectivity index (χ0n) is 20.5. The van der Waals surface area contributed by atoms with Gasteiger partial charge in [0.15, 0.2) is 5.84 Å². The van der Waals surface area contributed by atoms with E-state index in [2.05, 4.69) is 20.6 Å². The summed E-state index contributed by atoms with van der Waals surface area (Å²) in [5.74, 6) is -2.78. The highest BCUT2D eigenvalue weighted by molar-refractivity contribution is 6.43. The highest BCUT2D eigenvalue weighted by atomic mass is 19.1. The first-order valence-corrected chi connectivity index (χ1v) is 12.0. The Balaban J connectivity index is 1.23. The lowest BCUT2D eigenvalue weighted by molar-refractivity contribution is -0.147. The van der Waals surface area contributed by atoms with Gasteiger partial charge in [-0.1, -0.05) is 35.5 Å². The van der Waals surface area contributed by atoms with Crippen molar-refractivity contribution in [3.05, 3.63) is 72.1 Å². The van der Waals surface area contributed by atoms with Crippen molar-refractivity contribution in [1.29, 1.82) is 0 Å². The number of fused-ring (bicyclic) bond motifs is 1. The summed E-state index contributed by atoms with van der Waals surface area (Å²) in [6, 6.07) is 8.38. The van der Waals surface area contributed by atoms with Crippen molar-refractivity contribution in [2.24, 2.45) is 10.9 Å². The minimum absolute atomic E-state index is 0.0338. The number of Topliss-reactive ketones (excluding diaryl/α,β-unsaturated/α-hetero) is 1. The average Bonchev–Trinajstić information content (AvgIpc) is 3.60. The molecule has 0 aliphatic carbocycles. The number of rotatable bonds is 5. The van der Waals surface area contributed by atoms with Crippen LogP contribution in [0.25, 0.3) is 0 Å². The molecule has 11 nitrogen and oxygen atoms in total. The van der Waals surface area contributed by atoms with Gasteiger partial charge in [-0.05, 0) is 19.7 Å². The molecule has 0 radical (unpaired) electrons. The quantitative estimate of drug-likeness (QED) is 0.583. The average molecular weight is 507 g/mol. The van der Waals surface area contributed by atoms with Crippen LogP contribution in [0, 0.1) is 5.92 Å². The molecule has 1 N–H and O–H groups in total. The van der Waals surface area contributed by atoms with Gasteiger partial charge in [0.2, 0.25) is 11.7 Å². The topological polar surface area (TPSA) is 116 Å². The Kier molecular flexibility index (Phi) is 6.66. The van der Waals surface area contributed by atoms with Crippen molar-refractivity contribution in [1.82, 2.24) is 35.0 Å². The summed E-state index contributed by atoms with van der Waals surface area (Å²) in [7, 11) is 3.70. The number of nitrogens with one attached hydrogen (secondary N) is 1. The molecular formula is C25H27FN8O3. The molecule has 3 aliphatic heterocycles. The lowest BCUT2D eigenvalue weighted by Crippen LogP contribution is -2.54. The number of aliphatic imine (C=N–C) groups is 1. The molecule has 0 spiro atoms. The molecule has 5 rings (SSSR count). The second-order valence-corrected chi connectivity index (χ2v) is 9.29. The zero-order valence-corrected chi connectivity index (χ0v) is 20.5. The second-order valence-electron chi connectivity index (χ2n) is 9.29. The fourth-order valence-corrected chi connectivity index (χ4v) is 4.97. The highest BCUT2D eigenvalue weighted by Crippen LogP contribution is 2.34. The van der Waals surface area contributed by atoms with Crippen molar-refractivity contribution in [3.8, 4) is 0 Å². The number of hydrogen-bond donors (Lipinski definition) is 1. The Bertz CT molecular complexity index is 1280. The Morgan fingerprint density at radius 2 is 1.78 bits per heavy atom. The Morgan fingerprint density at radius 1 is 1.08 bits per heavy atom. The number of hydrogen-bond acceptors (Lipinski definition) is 8. The van der Waals surface area contributed by atoms with Gasteiger partial charge in [-0.2, -0.15) is 0 Å². The third-order valence-corrected chi connectivity index (χ3v) is 6.84. The number of likely N-dealkylation sites (N-methyl/N-ethyl adjacent to an activating group) is 1. The van der Waals surface area contributed by atoms with E-state index in [9.17, 15) is 18.8 Å². The molecule has 3 atom stereocenters. The van der Waals surface area contributed by atoms with Crippen LogP contribution < -0.4 is 5.32 Å². The monoisotopic (exact) mass is 506 g/mol. The Labute approximate surface area is 212 Å². The fraction of sp³-hybridized carbons (Fsp3) is 0.360. The number of halogens is 1. The standard InChI is InChI=1S/C25H27FN8O3/c1-31(2)21(16-6-4-3-5-7-16)24(36)32-10-12-33(13-11-32)25(37)22(35)17-14-27-20-19(17)18(26)15-28-23(20)34-9-8-29-30-34/h3-9,14-15,19-21,27H,10-13H2,1-2H3/t19?,20?,21-/m0/s1. The van der Waals surface area contributed by atoms with Crippen LogP contribution in [-0.4, -0.2) is 99.4 Å². The molecule has 1 aromatic heterocycles. The molecule has 2 aromatic rings. The van der Waals surface area contributed by atoms with Crippen molar-refractivity contribution in [3.63, 3.8) is 0 Å². The smallest absolute Gasteiger partial charge is 0.294 e. The number of nitrogens with zero attached hydrogens (tertiary/aromatic N) is 7. The van der Waals surface area contributed by atoms with Crippen LogP contribution in [0.4, 0.5) is 4.39 Å². The first-order valence-electron chi connectivity index (χ1n) is 12.0. The van der Waals surface area contributed by atoms with Gasteiger partial charge in [0.1, 0.15) is 11.9 Å². The van der Waals surface area contributed by atoms with E-state index >= 15 is 0 Å². The van der Waals surface area contributed by atoms with Crippen molar-refractivity contribution in [2.45, 2.75) is 12.1 Å². The molecule has 2 amide bonds. The van der Waals surface area contributed by atoms with Gasteiger partial charge in [-0.25, -0.2) is 14.1 Å². The number of carbonyl (C=O) groups excluding carboxylic acids is 3. The van der Waals surface area contributed by atoms with Gasteiger partial charge in [0, 0.05) is 38.0 Å². The molecule has 1 fully saturated rings. The van der Waals surface area contributed by atoms with Gasteiger partial charge in [-0.15, -0.1) is 5.10 Å². The zero-order chi connectivity index (χ0) is 26.1. The first-order chi connectivity index (χ1) is 17.9. The van der Waals surface area contributed by atoms with Crippen molar-refractivity contribution < 1.29 is 18.8 Å². The molecule has 3 aliphatic rings. The van der Waals surface area contributed by atoms with Crippen LogP contribution in [0.3, 0.4) is 0 Å². The molecule has 1 aromatic carbocycles. The molecule has 37 heavy (non-hydrogen) atoms. The summed E-state index contributed by atoms with van der Waals surface area (Å²) in [5.41, 5.74) is 0.921. The summed E-state index contributed by atoms with van der Waals surface area (Å²) in [5, 5.41) is 10.6. The van der Waals surface area contributed by atoms with E-state index < -0.39 is 35.5 Å². The van der Waals surface area contributed by atoms with Gasteiger partial charge in [-0.3, -0.25) is 19.3 Å². The molecule has 12 heteroatoms. The van der Waals surface area contributed by atoms with Crippen molar-refractivity contribution >= 4 is 23.4 Å². The van der Waals surface area contributed by atoms with Crippen LogP contribution in [0.15, 0.2) is 71.5 Å². The predicted octanol–water partition coefficient (Wildman–Crippen LogP) is 0.364. The lowest BCUT2D eigenvalue weighted by atomic mass is 9.88. The van der Waals surface area contributed by atoms with Gasteiger partial charge >= 0.3 is 0 Å². The minimum Gasteiger partial charge on any atom is -0.380 e. The molecule has 4 heterocycles. The third-order valence-electron chi connectivity index (χ3n) is 6.84. The summed E-state index contributed by atoms with van der Waals surface area (Å²) < 4.78 is 16.2. The third kappa shape index (κ3) is 4.55. The van der Waals surface area contributed by atoms with Gasteiger partial charge in [0.25, 0.3) is 5.91 Å². The summed E-state index contributed by atoms with van der Waals surface area (Å²) in [6.07, 6.45) is 5.45. The Morgan fingerprint density at radius 3 is 2.43 bits per heavy atom. The van der Waals surface area contributed by atoms with E-state index in [1.54, 1.807) is 11.1 Å². The van der Waals surface area contributed by atoms with Gasteiger partial charge < -0.3 is 15.1 Å². The maximum Gasteiger partial charge on any atom is 0.294 e. The normalized spacial score (nSPS) is 22.0. The number of ketones is 1. The number of amides is 2. The van der Waals surface area contributed by atoms with Gasteiger partial charge in [0.05, 0.1) is 30.6 Å². The molecule has 1 saturated heterocycles. The van der Waals surface area contributed by atoms with Crippen LogP contribution in [0.5, 0.6) is 0 Å². The molecule has 0 bridgehead atoms. The largest absolute Gasteiger partial charge is 0.380 e. The highest BCUT2D eigenvalue weighted by Gasteiger charge is 2.45. The van der Waals surface area contributed by atoms with Crippen LogP contribution in [-0.2, 0) is 14.4 Å². The number of piperazine rings is 1. The minimum atomic E-state index is -0.984. The summed E-state index contributed by atoms with van der Waals surface area (Å²) >= 11 is 0. The SMILES string of the molecule is CN(C)[C@H](C(=O)N1CCN(C(=O)C(=O)C2=CNC3C(n4ccnn4)=NC=C(F)C23)CC1)c1ccccc1. The van der Waals surface area contributed by atoms with E-state index in [1.807, 2.05) is 49.3 Å². The van der Waals surface area contributed by atoms with Crippen LogP contribution >= 0.6 is 0 Å². The summed E-state index contributed by atoms with van der Waals surface area (Å²) in [6.45, 7) is 1.03. The van der Waals surface area contributed by atoms with E-state index in [4.69, 9.17) is 0 Å². The second kappa shape index (κ2) is 10.1. The van der Waals surface area contributed by atoms with E-state index in [1.165, 1.54) is 22.0 Å². The van der Waals surface area contributed by atoms with E-state index in [0.29, 0.717) is 18.9 Å². The molecule has 0 saturated carbocycles. The van der Waals surface area contributed by atoms with Crippen LogP contribution in [0.2, 0.25) is 0 Å². The number of benzene rings is 1. The first kappa shape index (κ1) is 24.5. The molecule has 2 unspecified atom stereocenters. The fourth-order valence-electron chi connectivity index (χ4n) is 4.97. The summed E-state index contributed by atoms with van der Waals surface area (Å²) in [4.78, 5) is 48.7. The van der Waals surface area contributed by atoms with Crippen LogP contribution in [0.1, 0.15) is 11.6 Å². The van der Waals surface area contributed by atoms with Crippen molar-refractivity contribution in [2.75, 3.05) is 40.3 Å². The lowest BCUT2D eigenvalue weighted by Gasteiger charge is -2.37. The maximum absolute atomic E-state index is 14.8. The van der Waals surface area contributed by atoms with E-state index in [0.717, 1.165) is 11.8 Å². The molecule has 192 valence electrons. The maximum atomic E-state index is 14.8. The number of carbonyl (C=O) groups is 3. The number of aromatic nitrogens is 3. The van der Waals surface area contributed by atoms with E-state index in [-0.39, 0.29) is 24.6 Å². The molecular weight excluding hydrogens is 479 g/mol. The predicted molar refractivity (Wildman–Crippen MR) is 132 cm³/mol.